The summed E-state index contributed by atoms with van der Waals surface area (Å²) in [5, 5.41) is 2.20. The van der Waals surface area contributed by atoms with Crippen LogP contribution in [0.15, 0.2) is 102 Å². The van der Waals surface area contributed by atoms with Gasteiger partial charge >= 0.3 is 6.18 Å². The van der Waals surface area contributed by atoms with Gasteiger partial charge in [0.1, 0.15) is 18.4 Å². The second kappa shape index (κ2) is 15.9. The molecule has 49 heavy (non-hydrogen) atoms. The van der Waals surface area contributed by atoms with Crippen molar-refractivity contribution in [2.45, 2.75) is 63.3 Å². The lowest BCUT2D eigenvalue weighted by atomic mass is 10.0. The van der Waals surface area contributed by atoms with E-state index in [1.165, 1.54) is 42.5 Å². The van der Waals surface area contributed by atoms with Gasteiger partial charge in [-0.2, -0.15) is 13.2 Å². The van der Waals surface area contributed by atoms with Gasteiger partial charge in [0.05, 0.1) is 21.2 Å². The largest absolute Gasteiger partial charge is 0.417 e. The summed E-state index contributed by atoms with van der Waals surface area (Å²) >= 11 is 5.86. The van der Waals surface area contributed by atoms with Gasteiger partial charge in [-0.1, -0.05) is 84.8 Å². The predicted octanol–water partition coefficient (Wildman–Crippen LogP) is 7.56. The first-order chi connectivity index (χ1) is 23.1. The first-order valence-corrected chi connectivity index (χ1v) is 17.3. The van der Waals surface area contributed by atoms with E-state index in [1.54, 1.807) is 50.2 Å². The lowest BCUT2D eigenvalue weighted by Crippen LogP contribution is -2.54. The molecule has 2 amide bonds. The monoisotopic (exact) mass is 717 g/mol. The topological polar surface area (TPSA) is 86.8 Å². The van der Waals surface area contributed by atoms with E-state index in [0.29, 0.717) is 22.4 Å². The molecule has 0 saturated carbocycles. The minimum Gasteiger partial charge on any atom is -0.352 e. The summed E-state index contributed by atoms with van der Waals surface area (Å²) in [5.74, 6) is -2.19. The summed E-state index contributed by atoms with van der Waals surface area (Å²) < 4.78 is 85.8. The summed E-state index contributed by atoms with van der Waals surface area (Å²) in [6, 6.07) is 20.9. The van der Waals surface area contributed by atoms with Crippen molar-refractivity contribution in [2.24, 2.45) is 0 Å². The number of hydrogen-bond donors (Lipinski definition) is 1. The van der Waals surface area contributed by atoms with Crippen LogP contribution in [0.1, 0.15) is 42.5 Å². The van der Waals surface area contributed by atoms with Crippen molar-refractivity contribution >= 4 is 39.1 Å². The molecule has 0 aliphatic heterocycles. The number of amides is 2. The predicted molar refractivity (Wildman–Crippen MR) is 181 cm³/mol. The molecule has 260 valence electrons. The molecule has 0 radical (unpaired) electrons. The van der Waals surface area contributed by atoms with Gasteiger partial charge in [-0.25, -0.2) is 12.8 Å². The van der Waals surface area contributed by atoms with Crippen molar-refractivity contribution in [3.8, 4) is 0 Å². The van der Waals surface area contributed by atoms with Crippen molar-refractivity contribution in [1.29, 1.82) is 0 Å². The molecule has 0 spiro atoms. The molecule has 4 aromatic rings. The minimum absolute atomic E-state index is 0.0207. The van der Waals surface area contributed by atoms with Gasteiger partial charge in [-0.15, -0.1) is 0 Å². The average Bonchev–Trinajstić information content (AvgIpc) is 3.06. The van der Waals surface area contributed by atoms with E-state index < -0.39 is 69.2 Å². The Labute approximate surface area is 288 Å². The molecular formula is C36H36ClF4N3O4S. The number of rotatable bonds is 13. The Hall–Kier alpha value is -4.42. The minimum atomic E-state index is -4.94. The smallest absolute Gasteiger partial charge is 0.352 e. The zero-order valence-corrected chi connectivity index (χ0v) is 28.6. The van der Waals surface area contributed by atoms with Crippen molar-refractivity contribution in [1.82, 2.24) is 10.2 Å². The standard InChI is InChI=1S/C36H36ClF4N3O4S/c1-4-25(3)42-35(46)33(20-26-10-6-5-7-11-26)43(22-27-12-8-9-13-32(27)38)34(45)23-44(49(47,48)29-17-14-24(2)15-18-29)28-16-19-31(37)30(21-28)36(39,40)41/h5-19,21,25,33H,4,20,22-23H2,1-3H3,(H,42,46)/t25-,33+/m0/s1. The summed E-state index contributed by atoms with van der Waals surface area (Å²) in [4.78, 5) is 29.1. The van der Waals surface area contributed by atoms with Gasteiger partial charge in [0.2, 0.25) is 11.8 Å². The van der Waals surface area contributed by atoms with Gasteiger partial charge < -0.3 is 10.2 Å². The Bertz CT molecular complexity index is 1870. The molecular weight excluding hydrogens is 682 g/mol. The molecule has 0 fully saturated rings. The number of benzene rings is 4. The number of halogens is 5. The van der Waals surface area contributed by atoms with Crippen LogP contribution < -0.4 is 9.62 Å². The SMILES string of the molecule is CC[C@H](C)NC(=O)[C@@H](Cc1ccccc1)N(Cc1ccccc1F)C(=O)CN(c1ccc(Cl)c(C(F)(F)F)c1)S(=O)(=O)c1ccc(C)cc1. The van der Waals surface area contributed by atoms with E-state index in [-0.39, 0.29) is 22.9 Å². The van der Waals surface area contributed by atoms with E-state index in [9.17, 15) is 31.2 Å². The van der Waals surface area contributed by atoms with E-state index in [4.69, 9.17) is 11.6 Å². The second-order valence-electron chi connectivity index (χ2n) is 11.6. The number of carbonyl (C=O) groups is 2. The number of nitrogens with one attached hydrogen (secondary N) is 1. The molecule has 0 aliphatic carbocycles. The first kappa shape index (κ1) is 37.4. The van der Waals surface area contributed by atoms with E-state index >= 15 is 4.39 Å². The highest BCUT2D eigenvalue weighted by molar-refractivity contribution is 7.92. The summed E-state index contributed by atoms with van der Waals surface area (Å²) in [5.41, 5.74) is -0.361. The molecule has 1 N–H and O–H groups in total. The number of hydrogen-bond acceptors (Lipinski definition) is 4. The third-order valence-electron chi connectivity index (χ3n) is 8.00. The summed E-state index contributed by atoms with van der Waals surface area (Å²) in [6.07, 6.45) is -4.40. The van der Waals surface area contributed by atoms with Crippen molar-refractivity contribution in [3.05, 3.63) is 130 Å². The number of carbonyl (C=O) groups excluding carboxylic acids is 2. The Morgan fingerprint density at radius 3 is 2.16 bits per heavy atom. The normalized spacial score (nSPS) is 13.0. The van der Waals surface area contributed by atoms with Crippen molar-refractivity contribution in [3.63, 3.8) is 0 Å². The molecule has 4 rings (SSSR count). The van der Waals surface area contributed by atoms with E-state index in [2.05, 4.69) is 5.32 Å². The van der Waals surface area contributed by atoms with Crippen LogP contribution in [0.5, 0.6) is 0 Å². The van der Waals surface area contributed by atoms with Crippen LogP contribution in [0.3, 0.4) is 0 Å². The number of aryl methyl sites for hydroxylation is 1. The molecule has 0 bridgehead atoms. The lowest BCUT2D eigenvalue weighted by molar-refractivity contribution is -0.140. The molecule has 0 saturated heterocycles. The van der Waals surface area contributed by atoms with Gasteiger partial charge in [-0.3, -0.25) is 13.9 Å². The number of nitrogens with zero attached hydrogens (tertiary/aromatic N) is 2. The van der Waals surface area contributed by atoms with Crippen molar-refractivity contribution < 1.29 is 35.6 Å². The van der Waals surface area contributed by atoms with Gasteiger partial charge in [0.25, 0.3) is 10.0 Å². The molecule has 0 unspecified atom stereocenters. The Morgan fingerprint density at radius 1 is 0.918 bits per heavy atom. The highest BCUT2D eigenvalue weighted by atomic mass is 35.5. The number of alkyl halides is 3. The highest BCUT2D eigenvalue weighted by Gasteiger charge is 2.38. The van der Waals surface area contributed by atoms with Crippen LogP contribution in [0, 0.1) is 12.7 Å². The highest BCUT2D eigenvalue weighted by Crippen LogP contribution is 2.38. The average molecular weight is 718 g/mol. The number of anilines is 1. The molecule has 13 heteroatoms. The Morgan fingerprint density at radius 2 is 1.55 bits per heavy atom. The fourth-order valence-corrected chi connectivity index (χ4v) is 6.69. The number of sulfonamides is 1. The van der Waals surface area contributed by atoms with Crippen LogP contribution >= 0.6 is 11.6 Å². The van der Waals surface area contributed by atoms with E-state index in [0.717, 1.165) is 22.6 Å². The quantitative estimate of drug-likeness (QED) is 0.145. The maximum Gasteiger partial charge on any atom is 0.417 e. The van der Waals surface area contributed by atoms with Gasteiger partial charge in [0.15, 0.2) is 0 Å². The molecule has 0 aliphatic rings. The molecule has 7 nitrogen and oxygen atoms in total. The molecule has 0 aromatic heterocycles. The van der Waals surface area contributed by atoms with Crippen LogP contribution in [0.4, 0.5) is 23.2 Å². The maximum absolute atomic E-state index is 15.1. The fourth-order valence-electron chi connectivity index (χ4n) is 5.06. The third kappa shape index (κ3) is 9.39. The zero-order chi connectivity index (χ0) is 35.9. The molecule has 0 heterocycles. The Kier molecular flexibility index (Phi) is 12.1. The molecule has 2 atom stereocenters. The van der Waals surface area contributed by atoms with Gasteiger partial charge in [0, 0.05) is 24.6 Å². The van der Waals surface area contributed by atoms with Crippen LogP contribution in [-0.2, 0) is 38.8 Å². The fraction of sp³-hybridized carbons (Fsp3) is 0.278. The van der Waals surface area contributed by atoms with Crippen LogP contribution in [0.25, 0.3) is 0 Å². The van der Waals surface area contributed by atoms with Crippen molar-refractivity contribution in [2.75, 3.05) is 10.8 Å². The zero-order valence-electron chi connectivity index (χ0n) is 27.0. The van der Waals surface area contributed by atoms with Crippen LogP contribution in [0.2, 0.25) is 5.02 Å². The van der Waals surface area contributed by atoms with Crippen LogP contribution in [-0.4, -0.2) is 43.8 Å². The summed E-state index contributed by atoms with van der Waals surface area (Å²) in [6.45, 7) is 3.89. The second-order valence-corrected chi connectivity index (χ2v) is 13.9. The summed E-state index contributed by atoms with van der Waals surface area (Å²) in [7, 11) is -4.68. The first-order valence-electron chi connectivity index (χ1n) is 15.4. The Balaban J connectivity index is 1.88. The molecule has 4 aromatic carbocycles. The third-order valence-corrected chi connectivity index (χ3v) is 10.1. The van der Waals surface area contributed by atoms with E-state index in [1.807, 2.05) is 6.92 Å². The maximum atomic E-state index is 15.1. The van der Waals surface area contributed by atoms with Gasteiger partial charge in [-0.05, 0) is 62.2 Å². The lowest BCUT2D eigenvalue weighted by Gasteiger charge is -2.34.